The van der Waals surface area contributed by atoms with Crippen LogP contribution in [0.2, 0.25) is 0 Å². The zero-order valence-electron chi connectivity index (χ0n) is 13.4. The van der Waals surface area contributed by atoms with E-state index in [4.69, 9.17) is 4.74 Å². The van der Waals surface area contributed by atoms with Crippen molar-refractivity contribution < 1.29 is 9.53 Å². The first-order chi connectivity index (χ1) is 11.8. The number of aromatic nitrogens is 1. The normalized spacial score (nSPS) is 17.0. The molecule has 0 atom stereocenters. The van der Waals surface area contributed by atoms with Crippen molar-refractivity contribution >= 4 is 28.1 Å². The molecule has 3 heterocycles. The molecule has 0 radical (unpaired) electrons. The number of carbonyl (C=O) groups is 1. The lowest BCUT2D eigenvalue weighted by Crippen LogP contribution is -2.44. The van der Waals surface area contributed by atoms with Gasteiger partial charge in [-0.05, 0) is 36.4 Å². The van der Waals surface area contributed by atoms with Gasteiger partial charge in [0, 0.05) is 41.0 Å². The average molecular weight is 340 g/mol. The van der Waals surface area contributed by atoms with Gasteiger partial charge in [-0.2, -0.15) is 0 Å². The molecule has 1 aliphatic heterocycles. The highest BCUT2D eigenvalue weighted by Gasteiger charge is 2.35. The molecule has 24 heavy (non-hydrogen) atoms. The van der Waals surface area contributed by atoms with Gasteiger partial charge >= 0.3 is 0 Å². The summed E-state index contributed by atoms with van der Waals surface area (Å²) in [5.41, 5.74) is 1.60. The Balaban J connectivity index is 1.52. The number of carbonyl (C=O) groups excluding carboxylic acids is 1. The van der Waals surface area contributed by atoms with Crippen LogP contribution in [0.1, 0.15) is 28.2 Å². The summed E-state index contributed by atoms with van der Waals surface area (Å²) in [7, 11) is 0. The Morgan fingerprint density at radius 1 is 1.21 bits per heavy atom. The van der Waals surface area contributed by atoms with E-state index in [-0.39, 0.29) is 11.3 Å². The van der Waals surface area contributed by atoms with Crippen molar-refractivity contribution in [1.29, 1.82) is 0 Å². The summed E-state index contributed by atoms with van der Waals surface area (Å²) in [6.45, 7) is 2.14. The van der Waals surface area contributed by atoms with Crippen LogP contribution in [0.3, 0.4) is 0 Å². The Morgan fingerprint density at radius 3 is 2.79 bits per heavy atom. The first-order valence-electron chi connectivity index (χ1n) is 8.25. The lowest BCUT2D eigenvalue weighted by atomic mass is 9.78. The van der Waals surface area contributed by atoms with E-state index in [1.165, 1.54) is 4.88 Å². The van der Waals surface area contributed by atoms with Gasteiger partial charge in [-0.3, -0.25) is 4.79 Å². The molecule has 0 bridgehead atoms. The Morgan fingerprint density at radius 2 is 2.04 bits per heavy atom. The molecule has 124 valence electrons. The highest BCUT2D eigenvalue weighted by Crippen LogP contribution is 2.37. The molecule has 1 aromatic carbocycles. The molecule has 1 fully saturated rings. The first kappa shape index (κ1) is 15.4. The summed E-state index contributed by atoms with van der Waals surface area (Å²) in [4.78, 5) is 17.1. The van der Waals surface area contributed by atoms with Crippen molar-refractivity contribution in [3.63, 3.8) is 0 Å². The second kappa shape index (κ2) is 6.42. The Bertz CT molecular complexity index is 799. The lowest BCUT2D eigenvalue weighted by molar-refractivity contribution is 0.0498. The summed E-state index contributed by atoms with van der Waals surface area (Å²) < 4.78 is 5.54. The largest absolute Gasteiger partial charge is 0.381 e. The maximum absolute atomic E-state index is 12.6. The number of hydrogen-bond acceptors (Lipinski definition) is 3. The van der Waals surface area contributed by atoms with Crippen molar-refractivity contribution in [3.05, 3.63) is 58.4 Å². The molecule has 1 aliphatic rings. The fourth-order valence-corrected chi connectivity index (χ4v) is 4.38. The van der Waals surface area contributed by atoms with E-state index < -0.39 is 0 Å². The molecule has 0 saturated carbocycles. The molecule has 1 amide bonds. The quantitative estimate of drug-likeness (QED) is 0.761. The van der Waals surface area contributed by atoms with Crippen LogP contribution in [0.15, 0.2) is 47.8 Å². The third kappa shape index (κ3) is 2.85. The molecular weight excluding hydrogens is 320 g/mol. The number of aromatic amines is 1. The van der Waals surface area contributed by atoms with E-state index >= 15 is 0 Å². The van der Waals surface area contributed by atoms with E-state index in [2.05, 4.69) is 27.8 Å². The summed E-state index contributed by atoms with van der Waals surface area (Å²) in [5, 5.41) is 6.30. The van der Waals surface area contributed by atoms with Crippen LogP contribution in [-0.2, 0) is 10.2 Å². The van der Waals surface area contributed by atoms with E-state index in [1.807, 2.05) is 30.3 Å². The zero-order chi connectivity index (χ0) is 16.4. The molecule has 0 spiro atoms. The molecule has 3 aromatic rings. The molecule has 0 aliphatic carbocycles. The number of para-hydroxylation sites is 1. The number of benzene rings is 1. The number of amides is 1. The fraction of sp³-hybridized carbons (Fsp3) is 0.316. The maximum atomic E-state index is 12.6. The van der Waals surface area contributed by atoms with Gasteiger partial charge < -0.3 is 15.0 Å². The Hall–Kier alpha value is -2.11. The summed E-state index contributed by atoms with van der Waals surface area (Å²) in [6, 6.07) is 14.1. The van der Waals surface area contributed by atoms with Gasteiger partial charge in [0.25, 0.3) is 5.91 Å². The minimum absolute atomic E-state index is 0.00586. The van der Waals surface area contributed by atoms with E-state index in [1.54, 1.807) is 11.3 Å². The van der Waals surface area contributed by atoms with Crippen LogP contribution in [0, 0.1) is 0 Å². The maximum Gasteiger partial charge on any atom is 0.267 e. The molecular formula is C19H20N2O2S. The topological polar surface area (TPSA) is 54.1 Å². The predicted octanol–water partition coefficient (Wildman–Crippen LogP) is 3.71. The number of fused-ring (bicyclic) bond motifs is 1. The first-order valence-corrected chi connectivity index (χ1v) is 9.13. The smallest absolute Gasteiger partial charge is 0.267 e. The zero-order valence-corrected chi connectivity index (χ0v) is 14.2. The third-order valence-corrected chi connectivity index (χ3v) is 5.97. The Labute approximate surface area is 144 Å². The minimum atomic E-state index is -0.0476. The second-order valence-corrected chi connectivity index (χ2v) is 7.27. The van der Waals surface area contributed by atoms with Crippen LogP contribution < -0.4 is 5.32 Å². The molecule has 2 N–H and O–H groups in total. The SMILES string of the molecule is O=C(NCC1(c2cccs2)CCOCC1)c1cc2ccccc2[nH]1. The minimum Gasteiger partial charge on any atom is -0.381 e. The number of ether oxygens (including phenoxy) is 1. The van der Waals surface area contributed by atoms with Crippen molar-refractivity contribution in [1.82, 2.24) is 10.3 Å². The van der Waals surface area contributed by atoms with Crippen LogP contribution in [0.5, 0.6) is 0 Å². The van der Waals surface area contributed by atoms with E-state index in [0.29, 0.717) is 12.2 Å². The van der Waals surface area contributed by atoms with Crippen LogP contribution >= 0.6 is 11.3 Å². The average Bonchev–Trinajstić information content (AvgIpc) is 3.30. The van der Waals surface area contributed by atoms with Crippen molar-refractivity contribution in [2.24, 2.45) is 0 Å². The van der Waals surface area contributed by atoms with Gasteiger partial charge in [0.05, 0.1) is 0 Å². The van der Waals surface area contributed by atoms with Gasteiger partial charge in [0.1, 0.15) is 5.69 Å². The highest BCUT2D eigenvalue weighted by molar-refractivity contribution is 7.10. The standard InChI is InChI=1S/C19H20N2O2S/c22-18(16-12-14-4-1-2-5-15(14)21-16)20-13-19(7-9-23-10-8-19)17-6-3-11-24-17/h1-6,11-12,21H,7-10,13H2,(H,20,22). The van der Waals surface area contributed by atoms with Crippen molar-refractivity contribution in [2.45, 2.75) is 18.3 Å². The van der Waals surface area contributed by atoms with Crippen LogP contribution in [0.25, 0.3) is 10.9 Å². The number of hydrogen-bond donors (Lipinski definition) is 2. The van der Waals surface area contributed by atoms with E-state index in [9.17, 15) is 4.79 Å². The van der Waals surface area contributed by atoms with Crippen molar-refractivity contribution in [3.8, 4) is 0 Å². The third-order valence-electron chi connectivity index (χ3n) is 4.86. The number of H-pyrrole nitrogens is 1. The molecule has 4 nitrogen and oxygen atoms in total. The molecule has 4 rings (SSSR count). The number of nitrogens with one attached hydrogen (secondary N) is 2. The monoisotopic (exact) mass is 340 g/mol. The van der Waals surface area contributed by atoms with Crippen molar-refractivity contribution in [2.75, 3.05) is 19.8 Å². The predicted molar refractivity (Wildman–Crippen MR) is 96.7 cm³/mol. The van der Waals surface area contributed by atoms with Crippen LogP contribution in [-0.4, -0.2) is 30.6 Å². The Kier molecular flexibility index (Phi) is 4.12. The fourth-order valence-electron chi connectivity index (χ4n) is 3.39. The number of rotatable bonds is 4. The summed E-state index contributed by atoms with van der Waals surface area (Å²) >= 11 is 1.76. The molecule has 0 unspecified atom stereocenters. The van der Waals surface area contributed by atoms with Crippen LogP contribution in [0.4, 0.5) is 0 Å². The summed E-state index contributed by atoms with van der Waals surface area (Å²) in [6.07, 6.45) is 1.89. The van der Waals surface area contributed by atoms with Gasteiger partial charge in [-0.1, -0.05) is 24.3 Å². The van der Waals surface area contributed by atoms with Gasteiger partial charge in [0.15, 0.2) is 0 Å². The number of thiophene rings is 1. The highest BCUT2D eigenvalue weighted by atomic mass is 32.1. The lowest BCUT2D eigenvalue weighted by Gasteiger charge is -2.36. The van der Waals surface area contributed by atoms with Gasteiger partial charge in [0.2, 0.25) is 0 Å². The molecule has 1 saturated heterocycles. The molecule has 5 heteroatoms. The molecule has 2 aromatic heterocycles. The van der Waals surface area contributed by atoms with E-state index in [0.717, 1.165) is 37.0 Å². The second-order valence-electron chi connectivity index (χ2n) is 6.32. The summed E-state index contributed by atoms with van der Waals surface area (Å²) in [5.74, 6) is -0.0476. The van der Waals surface area contributed by atoms with Gasteiger partial charge in [-0.15, -0.1) is 11.3 Å². The van der Waals surface area contributed by atoms with Gasteiger partial charge in [-0.25, -0.2) is 0 Å².